The van der Waals surface area contributed by atoms with Crippen LogP contribution in [0, 0.1) is 12.8 Å². The third kappa shape index (κ3) is 5.95. The minimum atomic E-state index is -0.0452. The number of rotatable bonds is 6. The molecule has 0 spiro atoms. The highest BCUT2D eigenvalue weighted by atomic mass is 16.5. The first-order chi connectivity index (χ1) is 16.5. The van der Waals surface area contributed by atoms with E-state index in [1.807, 2.05) is 66.4 Å². The Hall–Kier alpha value is -3.35. The van der Waals surface area contributed by atoms with Crippen LogP contribution >= 0.6 is 0 Å². The Morgan fingerprint density at radius 2 is 1.47 bits per heavy atom. The van der Waals surface area contributed by atoms with Crippen molar-refractivity contribution in [2.24, 2.45) is 5.92 Å². The molecule has 1 N–H and O–H groups in total. The predicted octanol–water partition coefficient (Wildman–Crippen LogP) is 3.03. The van der Waals surface area contributed by atoms with Crippen molar-refractivity contribution < 1.29 is 19.1 Å². The first-order valence-corrected chi connectivity index (χ1v) is 12.1. The monoisotopic (exact) mass is 463 g/mol. The Kier molecular flexibility index (Phi) is 7.83. The van der Waals surface area contributed by atoms with Crippen LogP contribution < -0.4 is 10.1 Å². The molecule has 2 aliphatic rings. The smallest absolute Gasteiger partial charge is 0.260 e. The Morgan fingerprint density at radius 3 is 2.15 bits per heavy atom. The fourth-order valence-electron chi connectivity index (χ4n) is 4.72. The summed E-state index contributed by atoms with van der Waals surface area (Å²) in [5.74, 6) is 0.726. The van der Waals surface area contributed by atoms with E-state index in [-0.39, 0.29) is 36.3 Å². The molecule has 2 aromatic carbocycles. The van der Waals surface area contributed by atoms with Gasteiger partial charge >= 0.3 is 0 Å². The molecule has 0 unspecified atom stereocenters. The summed E-state index contributed by atoms with van der Waals surface area (Å²) in [6.45, 7) is 4.42. The zero-order chi connectivity index (χ0) is 23.9. The van der Waals surface area contributed by atoms with Gasteiger partial charge < -0.3 is 19.9 Å². The van der Waals surface area contributed by atoms with Crippen LogP contribution in [0.25, 0.3) is 0 Å². The predicted molar refractivity (Wildman–Crippen MR) is 129 cm³/mol. The number of carbonyl (C=O) groups excluding carboxylic acids is 3. The van der Waals surface area contributed by atoms with Crippen molar-refractivity contribution in [1.82, 2.24) is 15.1 Å². The summed E-state index contributed by atoms with van der Waals surface area (Å²) in [5, 5.41) is 3.12. The molecule has 7 nitrogen and oxygen atoms in total. The van der Waals surface area contributed by atoms with Crippen molar-refractivity contribution in [1.29, 1.82) is 0 Å². The normalized spacial score (nSPS) is 17.3. The standard InChI is InChI=1S/C27H33N3O4/c1-20-7-5-6-10-24(20)26(32)28-22-13-17-30(18-14-22)27(33)21-11-15-29(16-12-21)25(31)19-34-23-8-3-2-4-9-23/h2-10,21-22H,11-19H2,1H3,(H,28,32). The first-order valence-electron chi connectivity index (χ1n) is 12.1. The molecule has 0 aliphatic carbocycles. The number of amides is 3. The fourth-order valence-corrected chi connectivity index (χ4v) is 4.72. The Balaban J connectivity index is 1.18. The fraction of sp³-hybridized carbons (Fsp3) is 0.444. The second kappa shape index (κ2) is 11.2. The van der Waals surface area contributed by atoms with Gasteiger partial charge in [-0.25, -0.2) is 0 Å². The van der Waals surface area contributed by atoms with Gasteiger partial charge in [-0.1, -0.05) is 36.4 Å². The van der Waals surface area contributed by atoms with Gasteiger partial charge in [0.25, 0.3) is 11.8 Å². The number of benzene rings is 2. The number of hydrogen-bond acceptors (Lipinski definition) is 4. The quantitative estimate of drug-likeness (QED) is 0.714. The van der Waals surface area contributed by atoms with Crippen LogP contribution in [0.3, 0.4) is 0 Å². The molecule has 3 amide bonds. The zero-order valence-corrected chi connectivity index (χ0v) is 19.7. The van der Waals surface area contributed by atoms with E-state index in [1.54, 1.807) is 4.90 Å². The summed E-state index contributed by atoms with van der Waals surface area (Å²) < 4.78 is 5.57. The summed E-state index contributed by atoms with van der Waals surface area (Å²) in [4.78, 5) is 41.8. The second-order valence-corrected chi connectivity index (χ2v) is 9.14. The third-order valence-electron chi connectivity index (χ3n) is 6.83. The molecule has 0 radical (unpaired) electrons. The van der Waals surface area contributed by atoms with E-state index in [2.05, 4.69) is 5.32 Å². The molecule has 0 saturated carbocycles. The van der Waals surface area contributed by atoms with Crippen LogP contribution in [0.2, 0.25) is 0 Å². The lowest BCUT2D eigenvalue weighted by Gasteiger charge is -2.37. The number of carbonyl (C=O) groups is 3. The molecule has 34 heavy (non-hydrogen) atoms. The highest BCUT2D eigenvalue weighted by Gasteiger charge is 2.32. The molecule has 2 heterocycles. The molecule has 0 aromatic heterocycles. The number of ether oxygens (including phenoxy) is 1. The van der Waals surface area contributed by atoms with Crippen molar-refractivity contribution in [3.63, 3.8) is 0 Å². The maximum atomic E-state index is 13.0. The lowest BCUT2D eigenvalue weighted by Crippen LogP contribution is -2.50. The number of aryl methyl sites for hydroxylation is 1. The second-order valence-electron chi connectivity index (χ2n) is 9.14. The van der Waals surface area contributed by atoms with E-state index in [9.17, 15) is 14.4 Å². The molecule has 0 atom stereocenters. The van der Waals surface area contributed by atoms with Crippen molar-refractivity contribution in [2.75, 3.05) is 32.8 Å². The molecule has 2 saturated heterocycles. The summed E-state index contributed by atoms with van der Waals surface area (Å²) in [6, 6.07) is 17.0. The number of para-hydroxylation sites is 1. The Labute approximate surface area is 201 Å². The largest absolute Gasteiger partial charge is 0.484 e. The van der Waals surface area contributed by atoms with E-state index in [4.69, 9.17) is 4.74 Å². The highest BCUT2D eigenvalue weighted by Crippen LogP contribution is 2.23. The topological polar surface area (TPSA) is 79.0 Å². The first kappa shape index (κ1) is 23.8. The van der Waals surface area contributed by atoms with Crippen molar-refractivity contribution in [3.05, 3.63) is 65.7 Å². The maximum Gasteiger partial charge on any atom is 0.260 e. The van der Waals surface area contributed by atoms with Gasteiger partial charge in [0.05, 0.1) is 0 Å². The highest BCUT2D eigenvalue weighted by molar-refractivity contribution is 5.95. The van der Waals surface area contributed by atoms with Gasteiger partial charge in [-0.15, -0.1) is 0 Å². The van der Waals surface area contributed by atoms with Crippen molar-refractivity contribution in [2.45, 2.75) is 38.6 Å². The number of piperidine rings is 2. The number of nitrogens with one attached hydrogen (secondary N) is 1. The molecule has 7 heteroatoms. The van der Waals surface area contributed by atoms with Gasteiger partial charge in [0.2, 0.25) is 5.91 Å². The molecule has 2 aliphatic heterocycles. The number of hydrogen-bond donors (Lipinski definition) is 1. The van der Waals surface area contributed by atoms with E-state index in [0.29, 0.717) is 50.3 Å². The summed E-state index contributed by atoms with van der Waals surface area (Å²) in [6.07, 6.45) is 2.88. The molecule has 2 fully saturated rings. The molecule has 180 valence electrons. The van der Waals surface area contributed by atoms with Crippen molar-refractivity contribution in [3.8, 4) is 5.75 Å². The molecular weight excluding hydrogens is 430 g/mol. The Morgan fingerprint density at radius 1 is 0.853 bits per heavy atom. The van der Waals surface area contributed by atoms with Gasteiger partial charge in [-0.05, 0) is 56.4 Å². The van der Waals surface area contributed by atoms with Crippen LogP contribution in [0.5, 0.6) is 5.75 Å². The lowest BCUT2D eigenvalue weighted by molar-refractivity contribution is -0.142. The van der Waals surface area contributed by atoms with Crippen molar-refractivity contribution >= 4 is 17.7 Å². The summed E-state index contributed by atoms with van der Waals surface area (Å²) in [7, 11) is 0. The van der Waals surface area contributed by atoms with E-state index >= 15 is 0 Å². The average molecular weight is 464 g/mol. The molecule has 4 rings (SSSR count). The minimum Gasteiger partial charge on any atom is -0.484 e. The maximum absolute atomic E-state index is 13.0. The minimum absolute atomic E-state index is 0.0182. The summed E-state index contributed by atoms with van der Waals surface area (Å²) >= 11 is 0. The van der Waals surface area contributed by atoms with Crippen LogP contribution in [-0.4, -0.2) is 66.3 Å². The van der Waals surface area contributed by atoms with Crippen LogP contribution in [0.15, 0.2) is 54.6 Å². The van der Waals surface area contributed by atoms with Gasteiger partial charge in [-0.3, -0.25) is 14.4 Å². The zero-order valence-electron chi connectivity index (χ0n) is 19.7. The molecular formula is C27H33N3O4. The third-order valence-corrected chi connectivity index (χ3v) is 6.83. The van der Waals surface area contributed by atoms with Gasteiger partial charge in [0.1, 0.15) is 5.75 Å². The SMILES string of the molecule is Cc1ccccc1C(=O)NC1CCN(C(=O)C2CCN(C(=O)COc3ccccc3)CC2)CC1. The van der Waals surface area contributed by atoms with Gasteiger partial charge in [0, 0.05) is 43.7 Å². The van der Waals surface area contributed by atoms with E-state index in [0.717, 1.165) is 18.4 Å². The van der Waals surface area contributed by atoms with Crippen LogP contribution in [0.1, 0.15) is 41.6 Å². The van der Waals surface area contributed by atoms with E-state index in [1.165, 1.54) is 0 Å². The summed E-state index contributed by atoms with van der Waals surface area (Å²) in [5.41, 5.74) is 1.67. The number of likely N-dealkylation sites (tertiary alicyclic amines) is 2. The Bertz CT molecular complexity index is 994. The van der Waals surface area contributed by atoms with Gasteiger partial charge in [-0.2, -0.15) is 0 Å². The lowest BCUT2D eigenvalue weighted by atomic mass is 9.93. The number of nitrogens with zero attached hydrogens (tertiary/aromatic N) is 2. The van der Waals surface area contributed by atoms with Crippen LogP contribution in [0.4, 0.5) is 0 Å². The van der Waals surface area contributed by atoms with E-state index < -0.39 is 0 Å². The van der Waals surface area contributed by atoms with Crippen LogP contribution in [-0.2, 0) is 9.59 Å². The molecule has 0 bridgehead atoms. The average Bonchev–Trinajstić information content (AvgIpc) is 2.88. The molecule has 2 aromatic rings. The van der Waals surface area contributed by atoms with Gasteiger partial charge in [0.15, 0.2) is 6.61 Å².